The topological polar surface area (TPSA) is 64.4 Å². The lowest BCUT2D eigenvalue weighted by Crippen LogP contribution is -2.36. The standard InChI is InChI=1S/C21H19Cl2N3O3/c1-14-13-18(27)20(24-26(14)17-9-5-3-7-15(17)22)21(28)25(2)11-12-29-19-10-6-4-8-16(19)23/h3-10,13H,11-12H2,1-2H3. The summed E-state index contributed by atoms with van der Waals surface area (Å²) < 4.78 is 7.10. The number of aryl methyl sites for hydroxylation is 1. The minimum Gasteiger partial charge on any atom is -0.490 e. The molecular formula is C21H19Cl2N3O3. The molecule has 1 amide bonds. The van der Waals surface area contributed by atoms with E-state index in [9.17, 15) is 9.59 Å². The van der Waals surface area contributed by atoms with Crippen molar-refractivity contribution >= 4 is 29.1 Å². The van der Waals surface area contributed by atoms with Gasteiger partial charge in [-0.1, -0.05) is 47.5 Å². The van der Waals surface area contributed by atoms with Crippen molar-refractivity contribution in [3.8, 4) is 11.4 Å². The maximum atomic E-state index is 12.8. The molecule has 150 valence electrons. The van der Waals surface area contributed by atoms with Crippen LogP contribution < -0.4 is 10.2 Å². The van der Waals surface area contributed by atoms with Crippen molar-refractivity contribution in [2.75, 3.05) is 20.2 Å². The number of carbonyl (C=O) groups is 1. The number of hydrogen-bond acceptors (Lipinski definition) is 4. The number of ether oxygens (including phenoxy) is 1. The van der Waals surface area contributed by atoms with E-state index in [1.165, 1.54) is 15.6 Å². The Labute approximate surface area is 178 Å². The quantitative estimate of drug-likeness (QED) is 0.591. The Morgan fingerprint density at radius 1 is 1.10 bits per heavy atom. The summed E-state index contributed by atoms with van der Waals surface area (Å²) in [5.41, 5.74) is 0.528. The first-order chi connectivity index (χ1) is 13.9. The van der Waals surface area contributed by atoms with Crippen LogP contribution in [-0.2, 0) is 0 Å². The summed E-state index contributed by atoms with van der Waals surface area (Å²) in [6.07, 6.45) is 0. The van der Waals surface area contributed by atoms with Crippen LogP contribution in [0.3, 0.4) is 0 Å². The highest BCUT2D eigenvalue weighted by atomic mass is 35.5. The number of hydrogen-bond donors (Lipinski definition) is 0. The highest BCUT2D eigenvalue weighted by molar-refractivity contribution is 6.32. The second kappa shape index (κ2) is 9.11. The van der Waals surface area contributed by atoms with E-state index in [0.717, 1.165) is 0 Å². The Bertz CT molecular complexity index is 1100. The van der Waals surface area contributed by atoms with Crippen molar-refractivity contribution in [2.45, 2.75) is 6.92 Å². The maximum absolute atomic E-state index is 12.8. The summed E-state index contributed by atoms with van der Waals surface area (Å²) in [5, 5.41) is 5.23. The van der Waals surface area contributed by atoms with E-state index in [4.69, 9.17) is 27.9 Å². The molecule has 0 saturated heterocycles. The fourth-order valence-corrected chi connectivity index (χ4v) is 3.11. The van der Waals surface area contributed by atoms with Crippen LogP contribution in [0, 0.1) is 6.92 Å². The molecule has 3 rings (SSSR count). The molecule has 0 unspecified atom stereocenters. The summed E-state index contributed by atoms with van der Waals surface area (Å²) in [7, 11) is 1.58. The van der Waals surface area contributed by atoms with Gasteiger partial charge >= 0.3 is 0 Å². The number of nitrogens with zero attached hydrogens (tertiary/aromatic N) is 3. The Kier molecular flexibility index (Phi) is 6.56. The third-order valence-corrected chi connectivity index (χ3v) is 4.89. The number of halogens is 2. The van der Waals surface area contributed by atoms with Gasteiger partial charge < -0.3 is 9.64 Å². The SMILES string of the molecule is Cc1cc(=O)c(C(=O)N(C)CCOc2ccccc2Cl)nn1-c1ccccc1Cl. The van der Waals surface area contributed by atoms with E-state index in [1.54, 1.807) is 56.4 Å². The molecule has 0 spiro atoms. The van der Waals surface area contributed by atoms with Gasteiger partial charge in [-0.25, -0.2) is 4.68 Å². The van der Waals surface area contributed by atoms with Gasteiger partial charge in [0.15, 0.2) is 5.69 Å². The number of aromatic nitrogens is 2. The van der Waals surface area contributed by atoms with Crippen molar-refractivity contribution in [2.24, 2.45) is 0 Å². The molecule has 0 aliphatic carbocycles. The van der Waals surface area contributed by atoms with E-state index < -0.39 is 11.3 Å². The second-order valence-corrected chi connectivity index (χ2v) is 7.18. The van der Waals surface area contributed by atoms with Crippen molar-refractivity contribution in [3.63, 3.8) is 0 Å². The number of amides is 1. The summed E-state index contributed by atoms with van der Waals surface area (Å²) in [6, 6.07) is 15.5. The van der Waals surface area contributed by atoms with E-state index in [-0.39, 0.29) is 18.8 Å². The largest absolute Gasteiger partial charge is 0.490 e. The average molecular weight is 432 g/mol. The molecule has 29 heavy (non-hydrogen) atoms. The van der Waals surface area contributed by atoms with Crippen LogP contribution in [0.1, 0.15) is 16.2 Å². The average Bonchev–Trinajstić information content (AvgIpc) is 2.70. The molecule has 1 heterocycles. The third kappa shape index (κ3) is 4.78. The lowest BCUT2D eigenvalue weighted by atomic mass is 10.2. The van der Waals surface area contributed by atoms with Gasteiger partial charge in [-0.15, -0.1) is 0 Å². The third-order valence-electron chi connectivity index (χ3n) is 4.26. The zero-order chi connectivity index (χ0) is 21.0. The van der Waals surface area contributed by atoms with Gasteiger partial charge in [-0.2, -0.15) is 5.10 Å². The second-order valence-electron chi connectivity index (χ2n) is 6.37. The van der Waals surface area contributed by atoms with Crippen molar-refractivity contribution in [3.05, 3.63) is 86.3 Å². The molecule has 0 bridgehead atoms. The van der Waals surface area contributed by atoms with Crippen LogP contribution in [0.15, 0.2) is 59.4 Å². The predicted molar refractivity (Wildman–Crippen MR) is 113 cm³/mol. The van der Waals surface area contributed by atoms with Crippen LogP contribution in [0.2, 0.25) is 10.0 Å². The molecule has 0 aliphatic rings. The summed E-state index contributed by atoms with van der Waals surface area (Å²) >= 11 is 12.3. The van der Waals surface area contributed by atoms with Crippen LogP contribution in [0.25, 0.3) is 5.69 Å². The molecule has 2 aromatic carbocycles. The number of likely N-dealkylation sites (N-methyl/N-ethyl adjacent to an activating group) is 1. The Hall–Kier alpha value is -2.83. The summed E-state index contributed by atoms with van der Waals surface area (Å²) in [6.45, 7) is 2.20. The lowest BCUT2D eigenvalue weighted by Gasteiger charge is -2.18. The van der Waals surface area contributed by atoms with Crippen LogP contribution >= 0.6 is 23.2 Å². The summed E-state index contributed by atoms with van der Waals surface area (Å²) in [5.74, 6) is 0.0307. The van der Waals surface area contributed by atoms with Crippen molar-refractivity contribution < 1.29 is 9.53 Å². The smallest absolute Gasteiger partial charge is 0.278 e. The molecule has 8 heteroatoms. The number of carbonyl (C=O) groups excluding carboxylic acids is 1. The molecule has 0 N–H and O–H groups in total. The van der Waals surface area contributed by atoms with Gasteiger partial charge in [0.2, 0.25) is 5.43 Å². The van der Waals surface area contributed by atoms with Crippen molar-refractivity contribution in [1.82, 2.24) is 14.7 Å². The molecule has 0 fully saturated rings. The van der Waals surface area contributed by atoms with E-state index >= 15 is 0 Å². The molecule has 0 saturated carbocycles. The molecule has 6 nitrogen and oxygen atoms in total. The first kappa shape index (κ1) is 20.9. The van der Waals surface area contributed by atoms with E-state index in [0.29, 0.717) is 27.2 Å². The molecular weight excluding hydrogens is 413 g/mol. The zero-order valence-corrected chi connectivity index (χ0v) is 17.4. The Morgan fingerprint density at radius 3 is 2.45 bits per heavy atom. The molecule has 0 aliphatic heterocycles. The number of rotatable bonds is 6. The zero-order valence-electron chi connectivity index (χ0n) is 15.9. The normalized spacial score (nSPS) is 10.6. The molecule has 3 aromatic rings. The van der Waals surface area contributed by atoms with Crippen molar-refractivity contribution in [1.29, 1.82) is 0 Å². The monoisotopic (exact) mass is 431 g/mol. The number of para-hydroxylation sites is 2. The van der Waals surface area contributed by atoms with Gasteiger partial charge in [0.25, 0.3) is 5.91 Å². The summed E-state index contributed by atoms with van der Waals surface area (Å²) in [4.78, 5) is 26.6. The minimum absolute atomic E-state index is 0.184. The fourth-order valence-electron chi connectivity index (χ4n) is 2.70. The molecule has 0 radical (unpaired) electrons. The first-order valence-electron chi connectivity index (χ1n) is 8.87. The molecule has 0 atom stereocenters. The van der Waals surface area contributed by atoms with Crippen LogP contribution in [-0.4, -0.2) is 40.8 Å². The van der Waals surface area contributed by atoms with Crippen LogP contribution in [0.5, 0.6) is 5.75 Å². The number of benzene rings is 2. The fraction of sp³-hybridized carbons (Fsp3) is 0.190. The minimum atomic E-state index is -0.501. The van der Waals surface area contributed by atoms with Gasteiger partial charge in [0.05, 0.1) is 22.3 Å². The Morgan fingerprint density at radius 2 is 1.76 bits per heavy atom. The predicted octanol–water partition coefficient (Wildman–Crippen LogP) is 4.00. The van der Waals surface area contributed by atoms with Gasteiger partial charge in [0.1, 0.15) is 12.4 Å². The molecule has 1 aromatic heterocycles. The van der Waals surface area contributed by atoms with Gasteiger partial charge in [0, 0.05) is 18.8 Å². The van der Waals surface area contributed by atoms with Gasteiger partial charge in [-0.05, 0) is 31.2 Å². The first-order valence-corrected chi connectivity index (χ1v) is 9.62. The van der Waals surface area contributed by atoms with E-state index in [2.05, 4.69) is 5.10 Å². The maximum Gasteiger partial charge on any atom is 0.278 e. The highest BCUT2D eigenvalue weighted by Gasteiger charge is 2.20. The van der Waals surface area contributed by atoms with E-state index in [1.807, 2.05) is 6.07 Å². The lowest BCUT2D eigenvalue weighted by molar-refractivity contribution is 0.0764. The van der Waals surface area contributed by atoms with Gasteiger partial charge in [-0.3, -0.25) is 9.59 Å². The Balaban J connectivity index is 1.78. The van der Waals surface area contributed by atoms with Crippen LogP contribution in [0.4, 0.5) is 0 Å². The highest BCUT2D eigenvalue weighted by Crippen LogP contribution is 2.23.